The molecule has 14 heavy (non-hydrogen) atoms. The van der Waals surface area contributed by atoms with Crippen LogP contribution in [-0.4, -0.2) is 13.1 Å². The van der Waals surface area contributed by atoms with E-state index in [4.69, 9.17) is 11.6 Å². The van der Waals surface area contributed by atoms with Crippen molar-refractivity contribution in [1.82, 2.24) is 0 Å². The van der Waals surface area contributed by atoms with Gasteiger partial charge in [-0.1, -0.05) is 23.7 Å². The molecule has 0 spiro atoms. The quantitative estimate of drug-likeness (QED) is 0.554. The smallest absolute Gasteiger partial charge is 0.330 e. The number of hydrogen-bond donors (Lipinski definition) is 0. The molecule has 2 nitrogen and oxygen atoms in total. The van der Waals surface area contributed by atoms with Gasteiger partial charge in [0.05, 0.1) is 7.11 Å². The maximum Gasteiger partial charge on any atom is 0.330 e. The molecule has 3 heteroatoms. The summed E-state index contributed by atoms with van der Waals surface area (Å²) in [7, 11) is 1.35. The molecular weight excluding hydrogens is 200 g/mol. The van der Waals surface area contributed by atoms with Crippen molar-refractivity contribution >= 4 is 23.6 Å². The molecular formula is C11H11ClO2. The molecule has 0 aromatic heterocycles. The van der Waals surface area contributed by atoms with E-state index >= 15 is 0 Å². The maximum absolute atomic E-state index is 10.8. The van der Waals surface area contributed by atoms with Gasteiger partial charge in [0.15, 0.2) is 0 Å². The van der Waals surface area contributed by atoms with Gasteiger partial charge in [0.1, 0.15) is 0 Å². The molecule has 0 bridgehead atoms. The maximum atomic E-state index is 10.8. The van der Waals surface area contributed by atoms with Crippen molar-refractivity contribution in [3.8, 4) is 0 Å². The zero-order valence-corrected chi connectivity index (χ0v) is 8.84. The first kappa shape index (κ1) is 10.8. The Hall–Kier alpha value is -1.28. The van der Waals surface area contributed by atoms with E-state index in [2.05, 4.69) is 4.74 Å². The van der Waals surface area contributed by atoms with E-state index in [0.717, 1.165) is 16.1 Å². The van der Waals surface area contributed by atoms with E-state index in [1.165, 1.54) is 13.2 Å². The molecule has 1 rings (SSSR count). The van der Waals surface area contributed by atoms with Crippen LogP contribution in [-0.2, 0) is 9.53 Å². The highest BCUT2D eigenvalue weighted by Crippen LogP contribution is 2.16. The third-order valence-electron chi connectivity index (χ3n) is 1.80. The average molecular weight is 211 g/mol. The minimum Gasteiger partial charge on any atom is -0.466 e. The van der Waals surface area contributed by atoms with Gasteiger partial charge in [-0.05, 0) is 30.2 Å². The van der Waals surface area contributed by atoms with Gasteiger partial charge in [0.25, 0.3) is 0 Å². The van der Waals surface area contributed by atoms with Crippen molar-refractivity contribution in [2.45, 2.75) is 6.92 Å². The van der Waals surface area contributed by atoms with Crippen molar-refractivity contribution in [1.29, 1.82) is 0 Å². The van der Waals surface area contributed by atoms with Gasteiger partial charge in [-0.3, -0.25) is 0 Å². The van der Waals surface area contributed by atoms with Gasteiger partial charge in [0, 0.05) is 11.1 Å². The summed E-state index contributed by atoms with van der Waals surface area (Å²) in [4.78, 5) is 10.8. The number of esters is 1. The number of aryl methyl sites for hydroxylation is 1. The first-order chi connectivity index (χ1) is 6.63. The number of benzene rings is 1. The number of rotatable bonds is 2. The highest BCUT2D eigenvalue weighted by Gasteiger charge is 1.96. The van der Waals surface area contributed by atoms with Crippen molar-refractivity contribution in [3.05, 3.63) is 40.4 Å². The lowest BCUT2D eigenvalue weighted by Crippen LogP contribution is -1.93. The van der Waals surface area contributed by atoms with Gasteiger partial charge < -0.3 is 4.74 Å². The fraction of sp³-hybridized carbons (Fsp3) is 0.182. The topological polar surface area (TPSA) is 26.3 Å². The summed E-state index contributed by atoms with van der Waals surface area (Å²) in [5, 5.41) is 0.722. The van der Waals surface area contributed by atoms with Crippen LogP contribution in [0.4, 0.5) is 0 Å². The van der Waals surface area contributed by atoms with Crippen LogP contribution >= 0.6 is 11.6 Å². The van der Waals surface area contributed by atoms with Gasteiger partial charge in [0.2, 0.25) is 0 Å². The van der Waals surface area contributed by atoms with Crippen molar-refractivity contribution in [3.63, 3.8) is 0 Å². The Morgan fingerprint density at radius 3 is 2.79 bits per heavy atom. The van der Waals surface area contributed by atoms with Crippen molar-refractivity contribution in [2.24, 2.45) is 0 Å². The van der Waals surface area contributed by atoms with Crippen LogP contribution in [0, 0.1) is 6.92 Å². The Morgan fingerprint density at radius 1 is 1.50 bits per heavy atom. The lowest BCUT2D eigenvalue weighted by atomic mass is 10.1. The Morgan fingerprint density at radius 2 is 2.21 bits per heavy atom. The fourth-order valence-electron chi connectivity index (χ4n) is 1.00. The summed E-state index contributed by atoms with van der Waals surface area (Å²) in [5.74, 6) is -0.363. The molecule has 0 N–H and O–H groups in total. The second-order valence-electron chi connectivity index (χ2n) is 2.87. The normalized spacial score (nSPS) is 10.5. The van der Waals surface area contributed by atoms with E-state index in [1.54, 1.807) is 12.1 Å². The fourth-order valence-corrected chi connectivity index (χ4v) is 1.12. The Balaban J connectivity index is 2.83. The predicted molar refractivity (Wildman–Crippen MR) is 57.2 cm³/mol. The van der Waals surface area contributed by atoms with Crippen LogP contribution in [0.3, 0.4) is 0 Å². The Bertz CT molecular complexity index is 370. The van der Waals surface area contributed by atoms with Gasteiger partial charge >= 0.3 is 5.97 Å². The molecule has 0 unspecified atom stereocenters. The molecule has 0 radical (unpaired) electrons. The van der Waals surface area contributed by atoms with Crippen molar-refractivity contribution < 1.29 is 9.53 Å². The second kappa shape index (κ2) is 4.82. The monoisotopic (exact) mass is 210 g/mol. The number of carbonyl (C=O) groups excluding carboxylic acids is 1. The molecule has 0 fully saturated rings. The molecule has 74 valence electrons. The molecule has 0 saturated heterocycles. The largest absolute Gasteiger partial charge is 0.466 e. The highest BCUT2D eigenvalue weighted by atomic mass is 35.5. The van der Waals surface area contributed by atoms with Crippen LogP contribution < -0.4 is 0 Å². The van der Waals surface area contributed by atoms with Gasteiger partial charge in [-0.2, -0.15) is 0 Å². The van der Waals surface area contributed by atoms with E-state index in [9.17, 15) is 4.79 Å². The molecule has 0 atom stereocenters. The summed E-state index contributed by atoms with van der Waals surface area (Å²) in [5.41, 5.74) is 1.91. The SMILES string of the molecule is COC(=O)C=Cc1ccc(Cl)c(C)c1. The minimum absolute atomic E-state index is 0.363. The van der Waals surface area contributed by atoms with Crippen LogP contribution in [0.5, 0.6) is 0 Å². The lowest BCUT2D eigenvalue weighted by Gasteiger charge is -1.98. The first-order valence-corrected chi connectivity index (χ1v) is 4.53. The molecule has 1 aromatic carbocycles. The lowest BCUT2D eigenvalue weighted by molar-refractivity contribution is -0.134. The molecule has 1 aromatic rings. The standard InChI is InChI=1S/C11H11ClO2/c1-8-7-9(3-5-10(8)12)4-6-11(13)14-2/h3-7H,1-2H3. The number of halogens is 1. The zero-order valence-electron chi connectivity index (χ0n) is 8.08. The molecule has 0 aliphatic heterocycles. The molecule has 0 aliphatic rings. The zero-order chi connectivity index (χ0) is 10.6. The number of methoxy groups -OCH3 is 1. The summed E-state index contributed by atoms with van der Waals surface area (Å²) in [6.07, 6.45) is 3.07. The second-order valence-corrected chi connectivity index (χ2v) is 3.27. The van der Waals surface area contributed by atoms with Crippen LogP contribution in [0.2, 0.25) is 5.02 Å². The van der Waals surface area contributed by atoms with E-state index < -0.39 is 0 Å². The number of ether oxygens (including phenoxy) is 1. The minimum atomic E-state index is -0.363. The van der Waals surface area contributed by atoms with E-state index in [1.807, 2.05) is 19.1 Å². The number of hydrogen-bond acceptors (Lipinski definition) is 2. The van der Waals surface area contributed by atoms with Crippen molar-refractivity contribution in [2.75, 3.05) is 7.11 Å². The number of carbonyl (C=O) groups is 1. The third kappa shape index (κ3) is 2.89. The van der Waals surface area contributed by atoms with Crippen LogP contribution in [0.25, 0.3) is 6.08 Å². The first-order valence-electron chi connectivity index (χ1n) is 4.15. The van der Waals surface area contributed by atoms with E-state index in [-0.39, 0.29) is 5.97 Å². The van der Waals surface area contributed by atoms with Gasteiger partial charge in [-0.15, -0.1) is 0 Å². The summed E-state index contributed by atoms with van der Waals surface area (Å²) in [6, 6.07) is 5.55. The highest BCUT2D eigenvalue weighted by molar-refractivity contribution is 6.31. The molecule has 0 aliphatic carbocycles. The molecule has 0 amide bonds. The summed E-state index contributed by atoms with van der Waals surface area (Å²) in [6.45, 7) is 1.91. The third-order valence-corrected chi connectivity index (χ3v) is 2.22. The summed E-state index contributed by atoms with van der Waals surface area (Å²) >= 11 is 5.85. The predicted octanol–water partition coefficient (Wildman–Crippen LogP) is 2.83. The Labute approximate surface area is 88.1 Å². The van der Waals surface area contributed by atoms with Gasteiger partial charge in [-0.25, -0.2) is 4.79 Å². The van der Waals surface area contributed by atoms with Crippen LogP contribution in [0.1, 0.15) is 11.1 Å². The van der Waals surface area contributed by atoms with Crippen LogP contribution in [0.15, 0.2) is 24.3 Å². The Kier molecular flexibility index (Phi) is 3.72. The summed E-state index contributed by atoms with van der Waals surface area (Å²) < 4.78 is 4.47. The average Bonchev–Trinajstić information content (AvgIpc) is 2.19. The van der Waals surface area contributed by atoms with E-state index in [0.29, 0.717) is 0 Å². The molecule has 0 saturated carbocycles. The molecule has 0 heterocycles.